The van der Waals surface area contributed by atoms with Crippen LogP contribution in [-0.2, 0) is 16.8 Å². The standard InChI is InChI=1S/C26H27N3O3/c1-26-20-9-6-10-21-23(20)17(16-27-21)15-22(26)28(13-14-32-26)11-4-5-12-29-24(30)18-7-2-3-8-19(18)25(29)31/h2-3,6-10,16,22,27H,4-5,11-15H2,1H3. The summed E-state index contributed by atoms with van der Waals surface area (Å²) in [4.78, 5) is 32.5. The Morgan fingerprint density at radius 1 is 1.03 bits per heavy atom. The van der Waals surface area contributed by atoms with Gasteiger partial charge in [-0.05, 0) is 62.1 Å². The van der Waals surface area contributed by atoms with Crippen LogP contribution in [0.4, 0.5) is 0 Å². The second-order valence-corrected chi connectivity index (χ2v) is 9.27. The van der Waals surface area contributed by atoms with E-state index in [1.807, 2.05) is 12.1 Å². The third-order valence-corrected chi connectivity index (χ3v) is 7.55. The van der Waals surface area contributed by atoms with E-state index in [1.54, 1.807) is 12.1 Å². The lowest BCUT2D eigenvalue weighted by Gasteiger charge is -2.50. The number of imide groups is 1. The molecule has 6 rings (SSSR count). The molecule has 164 valence electrons. The summed E-state index contributed by atoms with van der Waals surface area (Å²) in [6, 6.07) is 13.8. The first-order valence-electron chi connectivity index (χ1n) is 11.5. The number of aromatic amines is 1. The summed E-state index contributed by atoms with van der Waals surface area (Å²) in [6.45, 7) is 5.25. The van der Waals surface area contributed by atoms with E-state index in [4.69, 9.17) is 4.74 Å². The average molecular weight is 430 g/mol. The first-order chi connectivity index (χ1) is 15.6. The van der Waals surface area contributed by atoms with Crippen molar-refractivity contribution in [1.82, 2.24) is 14.8 Å². The molecule has 3 heterocycles. The lowest BCUT2D eigenvalue weighted by atomic mass is 9.75. The van der Waals surface area contributed by atoms with Crippen LogP contribution < -0.4 is 0 Å². The van der Waals surface area contributed by atoms with Crippen LogP contribution in [0.5, 0.6) is 0 Å². The average Bonchev–Trinajstić information content (AvgIpc) is 3.33. The molecule has 3 aliphatic rings. The Labute approximate surface area is 187 Å². The molecule has 6 heteroatoms. The van der Waals surface area contributed by atoms with E-state index in [-0.39, 0.29) is 23.5 Å². The molecule has 2 aromatic carbocycles. The van der Waals surface area contributed by atoms with Crippen molar-refractivity contribution in [3.05, 3.63) is 70.9 Å². The number of rotatable bonds is 5. The number of aromatic nitrogens is 1. The molecule has 1 aliphatic carbocycles. The van der Waals surface area contributed by atoms with Crippen molar-refractivity contribution in [2.24, 2.45) is 0 Å². The minimum atomic E-state index is -0.324. The van der Waals surface area contributed by atoms with E-state index in [2.05, 4.69) is 41.2 Å². The number of hydrogen-bond donors (Lipinski definition) is 1. The highest BCUT2D eigenvalue weighted by Gasteiger charge is 2.47. The number of ether oxygens (including phenoxy) is 1. The Hall–Kier alpha value is -2.96. The molecular weight excluding hydrogens is 402 g/mol. The van der Waals surface area contributed by atoms with Crippen molar-refractivity contribution in [2.75, 3.05) is 26.2 Å². The number of fused-ring (bicyclic) bond motifs is 3. The van der Waals surface area contributed by atoms with Crippen LogP contribution in [0.1, 0.15) is 51.6 Å². The predicted molar refractivity (Wildman–Crippen MR) is 122 cm³/mol. The maximum absolute atomic E-state index is 12.6. The molecule has 32 heavy (non-hydrogen) atoms. The third kappa shape index (κ3) is 2.79. The maximum atomic E-state index is 12.6. The van der Waals surface area contributed by atoms with Gasteiger partial charge in [-0.25, -0.2) is 0 Å². The molecule has 1 saturated heterocycles. The summed E-state index contributed by atoms with van der Waals surface area (Å²) in [5.74, 6) is -0.324. The molecule has 6 nitrogen and oxygen atoms in total. The molecule has 0 spiro atoms. The van der Waals surface area contributed by atoms with Gasteiger partial charge in [0.25, 0.3) is 11.8 Å². The molecule has 0 bridgehead atoms. The van der Waals surface area contributed by atoms with Crippen LogP contribution in [0.25, 0.3) is 10.9 Å². The smallest absolute Gasteiger partial charge is 0.261 e. The van der Waals surface area contributed by atoms with Gasteiger partial charge in [-0.3, -0.25) is 19.4 Å². The zero-order valence-corrected chi connectivity index (χ0v) is 18.3. The fraction of sp³-hybridized carbons (Fsp3) is 0.385. The van der Waals surface area contributed by atoms with Gasteiger partial charge in [0.05, 0.1) is 17.7 Å². The number of amides is 2. The zero-order valence-electron chi connectivity index (χ0n) is 18.3. The highest BCUT2D eigenvalue weighted by Crippen LogP contribution is 2.45. The second kappa shape index (κ2) is 7.29. The summed E-state index contributed by atoms with van der Waals surface area (Å²) in [6.07, 6.45) is 4.84. The molecular formula is C26H27N3O3. The Bertz CT molecular complexity index is 1200. The fourth-order valence-corrected chi connectivity index (χ4v) is 5.89. The SMILES string of the molecule is CC12OCCN(CCCCN3C(=O)c4ccccc4C3=O)C1Cc1c[nH]c3cccc2c13. The first-order valence-corrected chi connectivity index (χ1v) is 11.5. The molecule has 2 aliphatic heterocycles. The number of nitrogens with zero attached hydrogens (tertiary/aromatic N) is 2. The van der Waals surface area contributed by atoms with Crippen LogP contribution >= 0.6 is 0 Å². The van der Waals surface area contributed by atoms with Crippen molar-refractivity contribution in [3.8, 4) is 0 Å². The quantitative estimate of drug-likeness (QED) is 0.496. The van der Waals surface area contributed by atoms with Gasteiger partial charge in [0.2, 0.25) is 0 Å². The van der Waals surface area contributed by atoms with Crippen molar-refractivity contribution in [3.63, 3.8) is 0 Å². The van der Waals surface area contributed by atoms with Crippen LogP contribution in [0, 0.1) is 0 Å². The molecule has 1 aromatic heterocycles. The molecule has 0 radical (unpaired) electrons. The largest absolute Gasteiger partial charge is 0.368 e. The van der Waals surface area contributed by atoms with Crippen LogP contribution in [0.3, 0.4) is 0 Å². The van der Waals surface area contributed by atoms with Gasteiger partial charge in [0.15, 0.2) is 0 Å². The van der Waals surface area contributed by atoms with Gasteiger partial charge in [0.1, 0.15) is 5.60 Å². The van der Waals surface area contributed by atoms with Crippen LogP contribution in [0.15, 0.2) is 48.7 Å². The second-order valence-electron chi connectivity index (χ2n) is 9.27. The maximum Gasteiger partial charge on any atom is 0.261 e. The Morgan fingerprint density at radius 2 is 1.78 bits per heavy atom. The van der Waals surface area contributed by atoms with E-state index < -0.39 is 0 Å². The number of carbonyl (C=O) groups excluding carboxylic acids is 2. The molecule has 1 N–H and O–H groups in total. The molecule has 2 unspecified atom stereocenters. The van der Waals surface area contributed by atoms with Gasteiger partial charge < -0.3 is 9.72 Å². The Balaban J connectivity index is 1.13. The van der Waals surface area contributed by atoms with Gasteiger partial charge >= 0.3 is 0 Å². The van der Waals surface area contributed by atoms with E-state index in [0.29, 0.717) is 24.3 Å². The van der Waals surface area contributed by atoms with E-state index in [1.165, 1.54) is 26.9 Å². The monoisotopic (exact) mass is 429 g/mol. The molecule has 2 amide bonds. The van der Waals surface area contributed by atoms with Crippen molar-refractivity contribution in [2.45, 2.75) is 37.8 Å². The van der Waals surface area contributed by atoms with Gasteiger partial charge in [-0.15, -0.1) is 0 Å². The predicted octanol–water partition coefficient (Wildman–Crippen LogP) is 3.72. The third-order valence-electron chi connectivity index (χ3n) is 7.55. The summed E-state index contributed by atoms with van der Waals surface area (Å²) < 4.78 is 6.41. The molecule has 1 fully saturated rings. The number of morpholine rings is 1. The highest BCUT2D eigenvalue weighted by molar-refractivity contribution is 6.21. The van der Waals surface area contributed by atoms with Crippen molar-refractivity contribution >= 4 is 22.7 Å². The summed E-state index contributed by atoms with van der Waals surface area (Å²) in [5.41, 5.74) is 4.55. The minimum Gasteiger partial charge on any atom is -0.368 e. The van der Waals surface area contributed by atoms with Crippen molar-refractivity contribution < 1.29 is 14.3 Å². The molecule has 3 aromatic rings. The van der Waals surface area contributed by atoms with Crippen LogP contribution in [0.2, 0.25) is 0 Å². The fourth-order valence-electron chi connectivity index (χ4n) is 5.89. The summed E-state index contributed by atoms with van der Waals surface area (Å²) in [7, 11) is 0. The normalized spacial score (nSPS) is 24.8. The Morgan fingerprint density at radius 3 is 2.56 bits per heavy atom. The molecule has 0 saturated carbocycles. The van der Waals surface area contributed by atoms with Gasteiger partial charge in [-0.2, -0.15) is 0 Å². The molecule has 2 atom stereocenters. The highest BCUT2D eigenvalue weighted by atomic mass is 16.5. The van der Waals surface area contributed by atoms with E-state index >= 15 is 0 Å². The summed E-state index contributed by atoms with van der Waals surface area (Å²) >= 11 is 0. The van der Waals surface area contributed by atoms with Crippen LogP contribution in [-0.4, -0.2) is 58.9 Å². The number of carbonyl (C=O) groups is 2. The topological polar surface area (TPSA) is 65.6 Å². The van der Waals surface area contributed by atoms with Gasteiger partial charge in [0, 0.05) is 36.2 Å². The van der Waals surface area contributed by atoms with Gasteiger partial charge in [-0.1, -0.05) is 24.3 Å². The number of H-pyrrole nitrogens is 1. The number of unbranched alkanes of at least 4 members (excludes halogenated alkanes) is 1. The number of hydrogen-bond acceptors (Lipinski definition) is 4. The number of nitrogens with one attached hydrogen (secondary N) is 1. The van der Waals surface area contributed by atoms with E-state index in [0.717, 1.165) is 32.4 Å². The first kappa shape index (κ1) is 19.7. The minimum absolute atomic E-state index is 0.162. The summed E-state index contributed by atoms with van der Waals surface area (Å²) in [5, 5.41) is 1.32. The Kier molecular flexibility index (Phi) is 4.49. The lowest BCUT2D eigenvalue weighted by molar-refractivity contribution is -0.144. The lowest BCUT2D eigenvalue weighted by Crippen LogP contribution is -2.58. The van der Waals surface area contributed by atoms with E-state index in [9.17, 15) is 9.59 Å². The zero-order chi connectivity index (χ0) is 21.9. The van der Waals surface area contributed by atoms with Crippen molar-refractivity contribution in [1.29, 1.82) is 0 Å². The number of benzene rings is 2.